The van der Waals surface area contributed by atoms with Gasteiger partial charge in [0.1, 0.15) is 5.75 Å². The number of rotatable bonds is 3. The first-order valence-corrected chi connectivity index (χ1v) is 8.41. The molecule has 0 heterocycles. The molecule has 2 nitrogen and oxygen atoms in total. The lowest BCUT2D eigenvalue weighted by Gasteiger charge is -2.09. The maximum atomic E-state index is 12.1. The predicted molar refractivity (Wildman–Crippen MR) is 97.4 cm³/mol. The van der Waals surface area contributed by atoms with E-state index >= 15 is 0 Å². The Balaban J connectivity index is 1.80. The van der Waals surface area contributed by atoms with E-state index in [4.69, 9.17) is 27.9 Å². The maximum Gasteiger partial charge on any atom is 0.315 e. The number of halogens is 3. The quantitative estimate of drug-likeness (QED) is 0.388. The minimum atomic E-state index is -0.362. The van der Waals surface area contributed by atoms with Crippen molar-refractivity contribution in [3.8, 4) is 5.75 Å². The number of carbonyl (C=O) groups excluding carboxylic acids is 1. The molecule has 116 valence electrons. The van der Waals surface area contributed by atoms with Crippen LogP contribution in [0.3, 0.4) is 0 Å². The largest absolute Gasteiger partial charge is 0.425 e. The monoisotopic (exact) mass is 408 g/mol. The van der Waals surface area contributed by atoms with Gasteiger partial charge >= 0.3 is 5.97 Å². The molecule has 0 aliphatic rings. The number of carbonyl (C=O) groups is 1. The fourth-order valence-electron chi connectivity index (χ4n) is 2.27. The van der Waals surface area contributed by atoms with E-state index in [9.17, 15) is 4.79 Å². The van der Waals surface area contributed by atoms with E-state index in [1.807, 2.05) is 30.3 Å². The van der Waals surface area contributed by atoms with Crippen LogP contribution in [0.5, 0.6) is 5.75 Å². The Morgan fingerprint density at radius 2 is 1.78 bits per heavy atom. The number of fused-ring (bicyclic) bond motifs is 1. The summed E-state index contributed by atoms with van der Waals surface area (Å²) >= 11 is 15.3. The van der Waals surface area contributed by atoms with E-state index in [1.165, 1.54) is 0 Å². The van der Waals surface area contributed by atoms with E-state index in [0.717, 1.165) is 20.8 Å². The summed E-state index contributed by atoms with van der Waals surface area (Å²) in [5, 5.41) is 2.95. The number of benzene rings is 3. The second-order valence-corrected chi connectivity index (χ2v) is 6.61. The second kappa shape index (κ2) is 6.91. The summed E-state index contributed by atoms with van der Waals surface area (Å²) in [5.41, 5.74) is 0.751. The van der Waals surface area contributed by atoms with Crippen LogP contribution in [0.1, 0.15) is 5.56 Å². The first-order chi connectivity index (χ1) is 11.0. The van der Waals surface area contributed by atoms with Crippen molar-refractivity contribution in [1.29, 1.82) is 0 Å². The molecule has 3 aromatic rings. The zero-order chi connectivity index (χ0) is 16.4. The molecule has 0 aromatic heterocycles. The molecule has 0 N–H and O–H groups in total. The van der Waals surface area contributed by atoms with Crippen molar-refractivity contribution in [2.75, 3.05) is 0 Å². The SMILES string of the molecule is O=C(Cc1ccc(Cl)c(Cl)c1)Oc1ccc2ccccc2c1Br. The summed E-state index contributed by atoms with van der Waals surface area (Å²) in [7, 11) is 0. The van der Waals surface area contributed by atoms with Crippen LogP contribution in [-0.2, 0) is 11.2 Å². The average molecular weight is 410 g/mol. The Kier molecular flexibility index (Phi) is 4.90. The fourth-order valence-corrected chi connectivity index (χ4v) is 3.16. The third-order valence-electron chi connectivity index (χ3n) is 3.38. The second-order valence-electron chi connectivity index (χ2n) is 5.00. The van der Waals surface area contributed by atoms with Crippen LogP contribution >= 0.6 is 39.1 Å². The Labute approximate surface area is 152 Å². The van der Waals surface area contributed by atoms with Crippen LogP contribution in [0.2, 0.25) is 10.0 Å². The van der Waals surface area contributed by atoms with E-state index in [0.29, 0.717) is 15.8 Å². The third kappa shape index (κ3) is 3.69. The van der Waals surface area contributed by atoms with Crippen molar-refractivity contribution >= 4 is 55.9 Å². The van der Waals surface area contributed by atoms with Crippen molar-refractivity contribution in [3.05, 3.63) is 74.7 Å². The van der Waals surface area contributed by atoms with Gasteiger partial charge in [0, 0.05) is 0 Å². The molecule has 0 radical (unpaired) electrons. The van der Waals surface area contributed by atoms with Crippen molar-refractivity contribution < 1.29 is 9.53 Å². The van der Waals surface area contributed by atoms with Gasteiger partial charge in [0.15, 0.2) is 0 Å². The van der Waals surface area contributed by atoms with Gasteiger partial charge in [-0.15, -0.1) is 0 Å². The van der Waals surface area contributed by atoms with Gasteiger partial charge in [-0.2, -0.15) is 0 Å². The van der Waals surface area contributed by atoms with Gasteiger partial charge in [-0.05, 0) is 50.5 Å². The molecule has 0 bridgehead atoms. The molecule has 0 saturated heterocycles. The smallest absolute Gasteiger partial charge is 0.315 e. The summed E-state index contributed by atoms with van der Waals surface area (Å²) in [6.07, 6.45) is 0.121. The van der Waals surface area contributed by atoms with Gasteiger partial charge in [-0.25, -0.2) is 0 Å². The highest BCUT2D eigenvalue weighted by Crippen LogP contribution is 2.33. The molecule has 3 rings (SSSR count). The molecule has 0 spiro atoms. The zero-order valence-electron chi connectivity index (χ0n) is 11.9. The van der Waals surface area contributed by atoms with Crippen LogP contribution in [0.15, 0.2) is 59.1 Å². The molecule has 0 fully saturated rings. The zero-order valence-corrected chi connectivity index (χ0v) is 15.0. The van der Waals surface area contributed by atoms with Gasteiger partial charge in [-0.3, -0.25) is 4.79 Å². The molecule has 0 aliphatic carbocycles. The number of hydrogen-bond acceptors (Lipinski definition) is 2. The average Bonchev–Trinajstić information content (AvgIpc) is 2.54. The standard InChI is InChI=1S/C18H11BrCl2O2/c19-18-13-4-2-1-3-12(13)6-8-16(18)23-17(22)10-11-5-7-14(20)15(21)9-11/h1-9H,10H2. The number of hydrogen-bond donors (Lipinski definition) is 0. The van der Waals surface area contributed by atoms with Gasteiger partial charge in [0.2, 0.25) is 0 Å². The molecule has 0 aliphatic heterocycles. The first kappa shape index (κ1) is 16.3. The van der Waals surface area contributed by atoms with Crippen molar-refractivity contribution in [2.45, 2.75) is 6.42 Å². The van der Waals surface area contributed by atoms with Crippen LogP contribution in [-0.4, -0.2) is 5.97 Å². The summed E-state index contributed by atoms with van der Waals surface area (Å²) in [5.74, 6) is 0.133. The molecular weight excluding hydrogens is 399 g/mol. The number of ether oxygens (including phenoxy) is 1. The minimum Gasteiger partial charge on any atom is -0.425 e. The van der Waals surface area contributed by atoms with Crippen molar-refractivity contribution in [2.24, 2.45) is 0 Å². The molecule has 0 saturated carbocycles. The van der Waals surface area contributed by atoms with Gasteiger partial charge < -0.3 is 4.74 Å². The van der Waals surface area contributed by atoms with Gasteiger partial charge in [-0.1, -0.05) is 59.6 Å². The topological polar surface area (TPSA) is 26.3 Å². The normalized spacial score (nSPS) is 10.7. The van der Waals surface area contributed by atoms with Crippen LogP contribution in [0.25, 0.3) is 10.8 Å². The summed E-state index contributed by atoms with van der Waals surface area (Å²) in [6.45, 7) is 0. The Morgan fingerprint density at radius 3 is 2.57 bits per heavy atom. The lowest BCUT2D eigenvalue weighted by molar-refractivity contribution is -0.133. The van der Waals surface area contributed by atoms with Gasteiger partial charge in [0.25, 0.3) is 0 Å². The van der Waals surface area contributed by atoms with Crippen LogP contribution in [0, 0.1) is 0 Å². The Morgan fingerprint density at radius 1 is 1.00 bits per heavy atom. The molecular formula is C18H11BrCl2O2. The summed E-state index contributed by atoms with van der Waals surface area (Å²) in [6, 6.07) is 16.7. The highest BCUT2D eigenvalue weighted by molar-refractivity contribution is 9.10. The molecule has 23 heavy (non-hydrogen) atoms. The number of esters is 1. The molecule has 0 amide bonds. The Bertz CT molecular complexity index is 893. The summed E-state index contributed by atoms with van der Waals surface area (Å²) in [4.78, 5) is 12.1. The van der Waals surface area contributed by atoms with Crippen LogP contribution < -0.4 is 4.74 Å². The van der Waals surface area contributed by atoms with Gasteiger partial charge in [0.05, 0.1) is 20.9 Å². The molecule has 0 unspecified atom stereocenters. The fraction of sp³-hybridized carbons (Fsp3) is 0.0556. The lowest BCUT2D eigenvalue weighted by atomic mass is 10.1. The molecule has 5 heteroatoms. The van der Waals surface area contributed by atoms with E-state index in [2.05, 4.69) is 15.9 Å². The minimum absolute atomic E-state index is 0.121. The highest BCUT2D eigenvalue weighted by Gasteiger charge is 2.12. The lowest BCUT2D eigenvalue weighted by Crippen LogP contribution is -2.11. The highest BCUT2D eigenvalue weighted by atomic mass is 79.9. The Hall–Kier alpha value is -1.55. The molecule has 0 atom stereocenters. The van der Waals surface area contributed by atoms with E-state index < -0.39 is 0 Å². The first-order valence-electron chi connectivity index (χ1n) is 6.86. The third-order valence-corrected chi connectivity index (χ3v) is 4.94. The van der Waals surface area contributed by atoms with E-state index in [-0.39, 0.29) is 12.4 Å². The predicted octanol–water partition coefficient (Wildman–Crippen LogP) is 6.06. The molecule has 3 aromatic carbocycles. The van der Waals surface area contributed by atoms with Crippen molar-refractivity contribution in [1.82, 2.24) is 0 Å². The van der Waals surface area contributed by atoms with Crippen molar-refractivity contribution in [3.63, 3.8) is 0 Å². The maximum absolute atomic E-state index is 12.1. The van der Waals surface area contributed by atoms with E-state index in [1.54, 1.807) is 24.3 Å². The van der Waals surface area contributed by atoms with Crippen LogP contribution in [0.4, 0.5) is 0 Å². The summed E-state index contributed by atoms with van der Waals surface area (Å²) < 4.78 is 6.23.